The molecule has 8 heteroatoms. The monoisotopic (exact) mass is 399 g/mol. The molecule has 0 bridgehead atoms. The van der Waals surface area contributed by atoms with Crippen LogP contribution in [-0.4, -0.2) is 31.3 Å². The summed E-state index contributed by atoms with van der Waals surface area (Å²) in [6.07, 6.45) is 1.64. The highest BCUT2D eigenvalue weighted by molar-refractivity contribution is 8.18. The van der Waals surface area contributed by atoms with Crippen molar-refractivity contribution in [2.45, 2.75) is 6.61 Å². The molecule has 0 spiro atoms. The lowest BCUT2D eigenvalue weighted by atomic mass is 10.1. The van der Waals surface area contributed by atoms with Crippen molar-refractivity contribution >= 4 is 35.0 Å². The number of rotatable bonds is 6. The SMILES string of the molecule is COC(=O)c1ccc(OCc2cc(/C=C3\SC(=O)NC3=O)ccc2OC)cc1. The summed E-state index contributed by atoms with van der Waals surface area (Å²) in [5, 5.41) is 1.84. The number of imide groups is 1. The molecule has 0 atom stereocenters. The molecule has 1 N–H and O–H groups in total. The molecule has 0 aliphatic carbocycles. The van der Waals surface area contributed by atoms with Gasteiger partial charge in [-0.25, -0.2) is 4.79 Å². The molecule has 0 unspecified atom stereocenters. The van der Waals surface area contributed by atoms with Gasteiger partial charge in [0.05, 0.1) is 24.7 Å². The van der Waals surface area contributed by atoms with Crippen molar-refractivity contribution in [3.05, 3.63) is 64.1 Å². The molecular weight excluding hydrogens is 382 g/mol. The van der Waals surface area contributed by atoms with Gasteiger partial charge in [0.2, 0.25) is 0 Å². The van der Waals surface area contributed by atoms with Crippen molar-refractivity contribution in [3.8, 4) is 11.5 Å². The van der Waals surface area contributed by atoms with Gasteiger partial charge in [0, 0.05) is 5.56 Å². The Morgan fingerprint density at radius 3 is 2.46 bits per heavy atom. The number of thioether (sulfide) groups is 1. The molecule has 1 saturated heterocycles. The maximum Gasteiger partial charge on any atom is 0.337 e. The van der Waals surface area contributed by atoms with E-state index >= 15 is 0 Å². The fraction of sp³-hybridized carbons (Fsp3) is 0.150. The highest BCUT2D eigenvalue weighted by atomic mass is 32.2. The van der Waals surface area contributed by atoms with Crippen molar-refractivity contribution in [2.75, 3.05) is 14.2 Å². The lowest BCUT2D eigenvalue weighted by molar-refractivity contribution is -0.115. The molecular formula is C20H17NO6S. The van der Waals surface area contributed by atoms with Crippen LogP contribution in [0.2, 0.25) is 0 Å². The van der Waals surface area contributed by atoms with Gasteiger partial charge in [0.1, 0.15) is 18.1 Å². The van der Waals surface area contributed by atoms with Gasteiger partial charge in [-0.05, 0) is 59.8 Å². The van der Waals surface area contributed by atoms with Crippen LogP contribution in [0.5, 0.6) is 11.5 Å². The first-order valence-corrected chi connectivity index (χ1v) is 9.04. The summed E-state index contributed by atoms with van der Waals surface area (Å²) in [6, 6.07) is 12.0. The predicted octanol–water partition coefficient (Wildman–Crippen LogP) is 3.38. The number of ether oxygens (including phenoxy) is 3. The number of benzene rings is 2. The Kier molecular flexibility index (Phi) is 6.00. The molecule has 2 aromatic carbocycles. The first kappa shape index (κ1) is 19.5. The fourth-order valence-corrected chi connectivity index (χ4v) is 3.22. The van der Waals surface area contributed by atoms with Crippen molar-refractivity contribution in [2.24, 2.45) is 0 Å². The van der Waals surface area contributed by atoms with E-state index in [1.54, 1.807) is 49.6 Å². The van der Waals surface area contributed by atoms with Crippen LogP contribution >= 0.6 is 11.8 Å². The number of carbonyl (C=O) groups excluding carboxylic acids is 3. The third kappa shape index (κ3) is 4.52. The van der Waals surface area contributed by atoms with Crippen LogP contribution in [0, 0.1) is 0 Å². The maximum atomic E-state index is 11.7. The topological polar surface area (TPSA) is 90.9 Å². The minimum atomic E-state index is -0.416. The molecule has 0 aromatic heterocycles. The first-order valence-electron chi connectivity index (χ1n) is 8.23. The van der Waals surface area contributed by atoms with Gasteiger partial charge in [-0.2, -0.15) is 0 Å². The molecule has 28 heavy (non-hydrogen) atoms. The lowest BCUT2D eigenvalue weighted by Crippen LogP contribution is -2.17. The normalized spacial score (nSPS) is 14.7. The van der Waals surface area contributed by atoms with Crippen LogP contribution in [0.25, 0.3) is 6.08 Å². The van der Waals surface area contributed by atoms with Crippen molar-refractivity contribution in [1.29, 1.82) is 0 Å². The lowest BCUT2D eigenvalue weighted by Gasteiger charge is -2.11. The van der Waals surface area contributed by atoms with E-state index in [1.165, 1.54) is 7.11 Å². The average molecular weight is 399 g/mol. The molecule has 0 saturated carbocycles. The summed E-state index contributed by atoms with van der Waals surface area (Å²) in [5.74, 6) is 0.387. The summed E-state index contributed by atoms with van der Waals surface area (Å²) in [4.78, 5) is 34.8. The van der Waals surface area contributed by atoms with E-state index in [-0.39, 0.29) is 11.8 Å². The zero-order valence-corrected chi connectivity index (χ0v) is 16.0. The van der Waals surface area contributed by atoms with E-state index in [4.69, 9.17) is 9.47 Å². The molecule has 1 heterocycles. The van der Waals surface area contributed by atoms with Crippen molar-refractivity contribution < 1.29 is 28.6 Å². The third-order valence-electron chi connectivity index (χ3n) is 3.91. The summed E-state index contributed by atoms with van der Waals surface area (Å²) >= 11 is 0.861. The van der Waals surface area contributed by atoms with Gasteiger partial charge in [-0.1, -0.05) is 6.07 Å². The Morgan fingerprint density at radius 2 is 1.86 bits per heavy atom. The van der Waals surface area contributed by atoms with Gasteiger partial charge in [0.25, 0.3) is 11.1 Å². The second-order valence-corrected chi connectivity index (χ2v) is 6.74. The number of methoxy groups -OCH3 is 2. The molecule has 1 fully saturated rings. The van der Waals surface area contributed by atoms with Gasteiger partial charge in [0.15, 0.2) is 0 Å². The first-order chi connectivity index (χ1) is 13.5. The van der Waals surface area contributed by atoms with E-state index in [9.17, 15) is 14.4 Å². The van der Waals surface area contributed by atoms with E-state index in [2.05, 4.69) is 10.1 Å². The molecule has 3 rings (SSSR count). The number of carbonyl (C=O) groups is 3. The predicted molar refractivity (Wildman–Crippen MR) is 104 cm³/mol. The van der Waals surface area contributed by atoms with Crippen LogP contribution in [0.3, 0.4) is 0 Å². The summed E-state index contributed by atoms with van der Waals surface area (Å²) in [6.45, 7) is 0.218. The van der Waals surface area contributed by atoms with Crippen molar-refractivity contribution in [3.63, 3.8) is 0 Å². The van der Waals surface area contributed by atoms with Crippen molar-refractivity contribution in [1.82, 2.24) is 5.32 Å². The summed E-state index contributed by atoms with van der Waals surface area (Å²) in [7, 11) is 2.88. The van der Waals surface area contributed by atoms with Crippen LogP contribution < -0.4 is 14.8 Å². The largest absolute Gasteiger partial charge is 0.496 e. The molecule has 2 aromatic rings. The minimum absolute atomic E-state index is 0.218. The number of nitrogens with one attached hydrogen (secondary N) is 1. The Balaban J connectivity index is 1.75. The molecule has 0 radical (unpaired) electrons. The number of amides is 2. The Morgan fingerprint density at radius 1 is 1.11 bits per heavy atom. The molecule has 144 valence electrons. The van der Waals surface area contributed by atoms with Gasteiger partial charge >= 0.3 is 5.97 Å². The van der Waals surface area contributed by atoms with Crippen LogP contribution in [-0.2, 0) is 16.1 Å². The van der Waals surface area contributed by atoms with E-state index in [1.807, 2.05) is 6.07 Å². The third-order valence-corrected chi connectivity index (χ3v) is 4.72. The smallest absolute Gasteiger partial charge is 0.337 e. The second-order valence-electron chi connectivity index (χ2n) is 5.73. The average Bonchev–Trinajstić information content (AvgIpc) is 3.03. The highest BCUT2D eigenvalue weighted by Crippen LogP contribution is 2.28. The molecule has 1 aliphatic rings. The van der Waals surface area contributed by atoms with E-state index in [0.717, 1.165) is 22.9 Å². The zero-order valence-electron chi connectivity index (χ0n) is 15.2. The Bertz CT molecular complexity index is 952. The van der Waals surface area contributed by atoms with Crippen LogP contribution in [0.1, 0.15) is 21.5 Å². The van der Waals surface area contributed by atoms with E-state index < -0.39 is 11.9 Å². The van der Waals surface area contributed by atoms with Gasteiger partial charge in [-0.15, -0.1) is 0 Å². The Hall–Kier alpha value is -3.26. The zero-order chi connectivity index (χ0) is 20.1. The maximum absolute atomic E-state index is 11.7. The molecule has 1 aliphatic heterocycles. The standard InChI is InChI=1S/C20H17NO6S/c1-25-16-8-3-12(10-17-18(22)21-20(24)28-17)9-14(16)11-27-15-6-4-13(5-7-15)19(23)26-2/h3-10H,11H2,1-2H3,(H,21,22,24)/b17-10-. The highest BCUT2D eigenvalue weighted by Gasteiger charge is 2.25. The van der Waals surface area contributed by atoms with E-state index in [0.29, 0.717) is 22.0 Å². The number of hydrogen-bond acceptors (Lipinski definition) is 7. The quantitative estimate of drug-likeness (QED) is 0.588. The number of hydrogen-bond donors (Lipinski definition) is 1. The van der Waals surface area contributed by atoms with Gasteiger partial charge in [-0.3, -0.25) is 14.9 Å². The number of esters is 1. The Labute approximate surface area is 165 Å². The molecule has 2 amide bonds. The summed E-state index contributed by atoms with van der Waals surface area (Å²) in [5.41, 5.74) is 1.94. The van der Waals surface area contributed by atoms with Gasteiger partial charge < -0.3 is 14.2 Å². The summed E-state index contributed by atoms with van der Waals surface area (Å²) < 4.78 is 15.8. The fourth-order valence-electron chi connectivity index (χ4n) is 2.54. The second kappa shape index (κ2) is 8.62. The minimum Gasteiger partial charge on any atom is -0.496 e. The van der Waals surface area contributed by atoms with Crippen LogP contribution in [0.15, 0.2) is 47.4 Å². The van der Waals surface area contributed by atoms with Crippen LogP contribution in [0.4, 0.5) is 4.79 Å². The molecule has 7 nitrogen and oxygen atoms in total.